The van der Waals surface area contributed by atoms with Crippen molar-refractivity contribution in [3.8, 4) is 5.75 Å². The van der Waals surface area contributed by atoms with Crippen molar-refractivity contribution in [2.45, 2.75) is 19.8 Å². The summed E-state index contributed by atoms with van der Waals surface area (Å²) in [5, 5.41) is 6.72. The highest BCUT2D eigenvalue weighted by atomic mass is 16.5. The van der Waals surface area contributed by atoms with Crippen LogP contribution in [0.5, 0.6) is 5.75 Å². The van der Waals surface area contributed by atoms with Crippen LogP contribution in [0.2, 0.25) is 0 Å². The Labute approximate surface area is 151 Å². The third kappa shape index (κ3) is 7.75. The number of morpholine rings is 1. The average Bonchev–Trinajstić information content (AvgIpc) is 2.66. The highest BCUT2D eigenvalue weighted by molar-refractivity contribution is 5.79. The van der Waals surface area contributed by atoms with Crippen LogP contribution in [0.15, 0.2) is 29.3 Å². The summed E-state index contributed by atoms with van der Waals surface area (Å²) in [6.45, 7) is 9.58. The molecular formula is C19H32N4O2. The lowest BCUT2D eigenvalue weighted by molar-refractivity contribution is 0.0377. The molecule has 0 amide bonds. The Hall–Kier alpha value is -1.79. The zero-order chi connectivity index (χ0) is 17.7. The number of methoxy groups -OCH3 is 1. The number of nitrogens with one attached hydrogen (secondary N) is 2. The molecule has 0 unspecified atom stereocenters. The van der Waals surface area contributed by atoms with Gasteiger partial charge >= 0.3 is 0 Å². The van der Waals surface area contributed by atoms with Crippen LogP contribution in [-0.4, -0.2) is 70.5 Å². The molecule has 6 nitrogen and oxygen atoms in total. The molecule has 1 aromatic carbocycles. The predicted molar refractivity (Wildman–Crippen MR) is 103 cm³/mol. The van der Waals surface area contributed by atoms with Crippen LogP contribution in [0, 0.1) is 0 Å². The Balaban J connectivity index is 1.67. The number of benzene rings is 1. The van der Waals surface area contributed by atoms with Gasteiger partial charge in [0.25, 0.3) is 0 Å². The van der Waals surface area contributed by atoms with E-state index < -0.39 is 0 Å². The van der Waals surface area contributed by atoms with E-state index in [2.05, 4.69) is 39.6 Å². The first-order chi connectivity index (χ1) is 12.3. The molecule has 25 heavy (non-hydrogen) atoms. The molecule has 1 fully saturated rings. The molecule has 0 spiro atoms. The molecule has 140 valence electrons. The topological polar surface area (TPSA) is 58.1 Å². The lowest BCUT2D eigenvalue weighted by atomic mass is 10.1. The monoisotopic (exact) mass is 348 g/mol. The van der Waals surface area contributed by atoms with E-state index >= 15 is 0 Å². The van der Waals surface area contributed by atoms with Gasteiger partial charge in [0.1, 0.15) is 5.75 Å². The maximum atomic E-state index is 5.37. The predicted octanol–water partition coefficient (Wildman–Crippen LogP) is 1.52. The van der Waals surface area contributed by atoms with Gasteiger partial charge in [0.05, 0.1) is 20.3 Å². The van der Waals surface area contributed by atoms with Crippen molar-refractivity contribution in [3.05, 3.63) is 29.8 Å². The van der Waals surface area contributed by atoms with Gasteiger partial charge in [-0.15, -0.1) is 0 Å². The van der Waals surface area contributed by atoms with E-state index in [0.29, 0.717) is 0 Å². The molecule has 0 radical (unpaired) electrons. The van der Waals surface area contributed by atoms with Crippen molar-refractivity contribution >= 4 is 5.96 Å². The van der Waals surface area contributed by atoms with E-state index in [9.17, 15) is 0 Å². The second kappa shape index (κ2) is 11.7. The van der Waals surface area contributed by atoms with Crippen molar-refractivity contribution in [1.29, 1.82) is 0 Å². The van der Waals surface area contributed by atoms with Gasteiger partial charge in [-0.25, -0.2) is 0 Å². The molecule has 1 aliphatic heterocycles. The zero-order valence-corrected chi connectivity index (χ0v) is 15.6. The number of nitrogens with zero attached hydrogens (tertiary/aromatic N) is 2. The van der Waals surface area contributed by atoms with Gasteiger partial charge in [-0.1, -0.05) is 12.1 Å². The second-order valence-corrected chi connectivity index (χ2v) is 6.09. The summed E-state index contributed by atoms with van der Waals surface area (Å²) in [6.07, 6.45) is 2.04. The molecule has 2 N–H and O–H groups in total. The Morgan fingerprint density at radius 2 is 1.96 bits per heavy atom. The van der Waals surface area contributed by atoms with Crippen LogP contribution < -0.4 is 15.4 Å². The van der Waals surface area contributed by atoms with Crippen LogP contribution in [-0.2, 0) is 11.2 Å². The van der Waals surface area contributed by atoms with Crippen molar-refractivity contribution in [1.82, 2.24) is 15.5 Å². The standard InChI is InChI=1S/C19H32N4O2/c1-3-20-19(21-10-4-12-23-13-15-25-16-14-23)22-11-9-17-5-7-18(24-2)8-6-17/h5-8H,3-4,9-16H2,1-2H3,(H2,20,21,22). The summed E-state index contributed by atoms with van der Waals surface area (Å²) in [5.74, 6) is 1.80. The highest BCUT2D eigenvalue weighted by Crippen LogP contribution is 2.11. The van der Waals surface area contributed by atoms with Gasteiger partial charge in [0.15, 0.2) is 5.96 Å². The van der Waals surface area contributed by atoms with Crippen molar-refractivity contribution in [2.24, 2.45) is 4.99 Å². The molecule has 1 aliphatic rings. The Morgan fingerprint density at radius 1 is 1.20 bits per heavy atom. The number of ether oxygens (including phenoxy) is 2. The molecule has 0 atom stereocenters. The minimum atomic E-state index is 0.842. The summed E-state index contributed by atoms with van der Waals surface area (Å²) < 4.78 is 10.6. The SMILES string of the molecule is CCNC(=NCCCN1CCOCC1)NCCc1ccc(OC)cc1. The fourth-order valence-electron chi connectivity index (χ4n) is 2.77. The quantitative estimate of drug-likeness (QED) is 0.403. The minimum Gasteiger partial charge on any atom is -0.497 e. The molecule has 0 bridgehead atoms. The van der Waals surface area contributed by atoms with E-state index in [-0.39, 0.29) is 0 Å². The van der Waals surface area contributed by atoms with Crippen LogP contribution in [0.4, 0.5) is 0 Å². The molecular weight excluding hydrogens is 316 g/mol. The molecule has 0 saturated carbocycles. The van der Waals surface area contributed by atoms with E-state index in [4.69, 9.17) is 9.47 Å². The van der Waals surface area contributed by atoms with Gasteiger partial charge in [-0.3, -0.25) is 9.89 Å². The third-order valence-corrected chi connectivity index (χ3v) is 4.22. The smallest absolute Gasteiger partial charge is 0.191 e. The van der Waals surface area contributed by atoms with Crippen molar-refractivity contribution in [2.75, 3.05) is 59.6 Å². The van der Waals surface area contributed by atoms with Gasteiger partial charge in [0, 0.05) is 39.3 Å². The summed E-state index contributed by atoms with van der Waals surface area (Å²) in [6, 6.07) is 8.21. The molecule has 0 aromatic heterocycles. The van der Waals surface area contributed by atoms with E-state index in [0.717, 1.165) is 77.0 Å². The number of aliphatic imine (C=N–C) groups is 1. The molecule has 2 rings (SSSR count). The van der Waals surface area contributed by atoms with Gasteiger partial charge in [-0.05, 0) is 37.5 Å². The Morgan fingerprint density at radius 3 is 2.64 bits per heavy atom. The van der Waals surface area contributed by atoms with Crippen molar-refractivity contribution in [3.63, 3.8) is 0 Å². The maximum Gasteiger partial charge on any atom is 0.191 e. The van der Waals surface area contributed by atoms with Gasteiger partial charge in [0.2, 0.25) is 0 Å². The second-order valence-electron chi connectivity index (χ2n) is 6.09. The Kier molecular flexibility index (Phi) is 9.15. The van der Waals surface area contributed by atoms with E-state index in [1.807, 2.05) is 12.1 Å². The number of hydrogen-bond acceptors (Lipinski definition) is 4. The molecule has 1 aromatic rings. The van der Waals surface area contributed by atoms with Crippen molar-refractivity contribution < 1.29 is 9.47 Å². The lowest BCUT2D eigenvalue weighted by Gasteiger charge is -2.26. The fraction of sp³-hybridized carbons (Fsp3) is 0.632. The zero-order valence-electron chi connectivity index (χ0n) is 15.6. The molecule has 1 heterocycles. The summed E-state index contributed by atoms with van der Waals surface area (Å²) in [7, 11) is 1.69. The fourth-order valence-corrected chi connectivity index (χ4v) is 2.77. The maximum absolute atomic E-state index is 5.37. The number of guanidine groups is 1. The minimum absolute atomic E-state index is 0.842. The first-order valence-corrected chi connectivity index (χ1v) is 9.27. The van der Waals surface area contributed by atoms with Gasteiger partial charge < -0.3 is 20.1 Å². The largest absolute Gasteiger partial charge is 0.497 e. The van der Waals surface area contributed by atoms with Crippen LogP contribution in [0.3, 0.4) is 0 Å². The molecule has 6 heteroatoms. The highest BCUT2D eigenvalue weighted by Gasteiger charge is 2.09. The molecule has 1 saturated heterocycles. The summed E-state index contributed by atoms with van der Waals surface area (Å²) in [4.78, 5) is 7.12. The van der Waals surface area contributed by atoms with Crippen LogP contribution in [0.25, 0.3) is 0 Å². The Bertz CT molecular complexity index is 499. The van der Waals surface area contributed by atoms with Crippen LogP contribution >= 0.6 is 0 Å². The third-order valence-electron chi connectivity index (χ3n) is 4.22. The normalized spacial score (nSPS) is 15.8. The molecule has 0 aliphatic carbocycles. The first kappa shape index (κ1) is 19.5. The first-order valence-electron chi connectivity index (χ1n) is 9.27. The number of rotatable bonds is 9. The van der Waals surface area contributed by atoms with Gasteiger partial charge in [-0.2, -0.15) is 0 Å². The average molecular weight is 348 g/mol. The van der Waals surface area contributed by atoms with E-state index in [1.165, 1.54) is 5.56 Å². The summed E-state index contributed by atoms with van der Waals surface area (Å²) >= 11 is 0. The summed E-state index contributed by atoms with van der Waals surface area (Å²) in [5.41, 5.74) is 1.29. The lowest BCUT2D eigenvalue weighted by Crippen LogP contribution is -2.39. The van der Waals surface area contributed by atoms with Crippen LogP contribution in [0.1, 0.15) is 18.9 Å². The van der Waals surface area contributed by atoms with E-state index in [1.54, 1.807) is 7.11 Å². The number of hydrogen-bond donors (Lipinski definition) is 2.